The van der Waals surface area contributed by atoms with Crippen LogP contribution in [0.3, 0.4) is 0 Å². The van der Waals surface area contributed by atoms with Crippen LogP contribution in [-0.2, 0) is 4.79 Å². The van der Waals surface area contributed by atoms with E-state index in [-0.39, 0.29) is 24.1 Å². The molecule has 1 aromatic carbocycles. The molecule has 16 heavy (non-hydrogen) atoms. The molecule has 0 saturated carbocycles. The lowest BCUT2D eigenvalue weighted by atomic mass is 10.2. The predicted octanol–water partition coefficient (Wildman–Crippen LogP) is 1.82. The molecule has 1 N–H and O–H groups in total. The summed E-state index contributed by atoms with van der Waals surface area (Å²) in [5, 5.41) is 2.91. The Morgan fingerprint density at radius 1 is 1.38 bits per heavy atom. The maximum Gasteiger partial charge on any atom is 0.227 e. The van der Waals surface area contributed by atoms with Gasteiger partial charge in [-0.2, -0.15) is 0 Å². The van der Waals surface area contributed by atoms with Crippen LogP contribution in [0.2, 0.25) is 0 Å². The van der Waals surface area contributed by atoms with Gasteiger partial charge in [0.25, 0.3) is 0 Å². The number of amides is 1. The van der Waals surface area contributed by atoms with E-state index in [1.807, 2.05) is 0 Å². The molecule has 0 fully saturated rings. The third-order valence-corrected chi connectivity index (χ3v) is 2.18. The van der Waals surface area contributed by atoms with E-state index in [0.717, 1.165) is 0 Å². The molecular weight excluding hydrogens is 231 g/mol. The summed E-state index contributed by atoms with van der Waals surface area (Å²) in [6.07, 6.45) is 0.435. The molecule has 3 nitrogen and oxygen atoms in total. The van der Waals surface area contributed by atoms with Gasteiger partial charge in [-0.15, -0.1) is 12.4 Å². The Bertz CT molecular complexity index is 329. The summed E-state index contributed by atoms with van der Waals surface area (Å²) in [5.74, 6) is -0.286. The van der Waals surface area contributed by atoms with Crippen LogP contribution in [0, 0.1) is 5.82 Å². The van der Waals surface area contributed by atoms with Crippen molar-refractivity contribution in [2.45, 2.75) is 6.42 Å². The predicted molar refractivity (Wildman–Crippen MR) is 65.6 cm³/mol. The zero-order valence-corrected chi connectivity index (χ0v) is 10.2. The molecule has 0 saturated heterocycles. The highest BCUT2D eigenvalue weighted by molar-refractivity contribution is 5.92. The molecule has 0 radical (unpaired) electrons. The van der Waals surface area contributed by atoms with Gasteiger partial charge < -0.3 is 10.2 Å². The number of anilines is 1. The van der Waals surface area contributed by atoms with E-state index in [1.165, 1.54) is 17.0 Å². The molecule has 1 aromatic rings. The molecule has 0 aliphatic carbocycles. The maximum absolute atomic E-state index is 12.6. The van der Waals surface area contributed by atoms with Gasteiger partial charge in [0.05, 0.1) is 0 Å². The van der Waals surface area contributed by atoms with E-state index in [1.54, 1.807) is 26.2 Å². The van der Waals surface area contributed by atoms with E-state index in [0.29, 0.717) is 18.7 Å². The summed E-state index contributed by atoms with van der Waals surface area (Å²) in [6, 6.07) is 5.87. The summed E-state index contributed by atoms with van der Waals surface area (Å²) in [6.45, 7) is 0.643. The Labute approximate surface area is 101 Å². The van der Waals surface area contributed by atoms with E-state index >= 15 is 0 Å². The number of rotatable bonds is 4. The van der Waals surface area contributed by atoms with Crippen molar-refractivity contribution in [1.29, 1.82) is 0 Å². The molecule has 0 heterocycles. The molecule has 0 atom stereocenters. The van der Waals surface area contributed by atoms with E-state index in [2.05, 4.69) is 5.32 Å². The fourth-order valence-corrected chi connectivity index (χ4v) is 1.21. The van der Waals surface area contributed by atoms with Crippen LogP contribution in [0.5, 0.6) is 0 Å². The van der Waals surface area contributed by atoms with Crippen LogP contribution in [0.25, 0.3) is 0 Å². The fraction of sp³-hybridized carbons (Fsp3) is 0.364. The highest BCUT2D eigenvalue weighted by atomic mass is 35.5. The molecular formula is C11H16ClFN2O. The fourth-order valence-electron chi connectivity index (χ4n) is 1.21. The lowest BCUT2D eigenvalue weighted by molar-refractivity contribution is -0.118. The van der Waals surface area contributed by atoms with Crippen LogP contribution in [-0.4, -0.2) is 26.5 Å². The van der Waals surface area contributed by atoms with Gasteiger partial charge in [-0.05, 0) is 31.3 Å². The Kier molecular flexibility index (Phi) is 6.69. The molecule has 1 amide bonds. The summed E-state index contributed by atoms with van der Waals surface area (Å²) in [7, 11) is 3.48. The minimum absolute atomic E-state index is 0. The third kappa shape index (κ3) is 4.16. The Morgan fingerprint density at radius 3 is 2.44 bits per heavy atom. The first-order valence-electron chi connectivity index (χ1n) is 4.82. The SMILES string of the molecule is CNCCC(=O)N(C)c1ccc(F)cc1.Cl. The first kappa shape index (κ1) is 14.9. The van der Waals surface area contributed by atoms with Crippen molar-refractivity contribution in [3.63, 3.8) is 0 Å². The lowest BCUT2D eigenvalue weighted by Crippen LogP contribution is -2.28. The minimum Gasteiger partial charge on any atom is -0.319 e. The number of nitrogens with one attached hydrogen (secondary N) is 1. The monoisotopic (exact) mass is 246 g/mol. The van der Waals surface area contributed by atoms with Gasteiger partial charge in [0.2, 0.25) is 5.91 Å². The molecule has 0 aliphatic rings. The van der Waals surface area contributed by atoms with Crippen molar-refractivity contribution in [3.05, 3.63) is 30.1 Å². The Morgan fingerprint density at radius 2 is 1.94 bits per heavy atom. The molecule has 1 rings (SSSR count). The van der Waals surface area contributed by atoms with Crippen molar-refractivity contribution in [2.24, 2.45) is 0 Å². The highest BCUT2D eigenvalue weighted by Crippen LogP contribution is 2.13. The number of nitrogens with zero attached hydrogens (tertiary/aromatic N) is 1. The quantitative estimate of drug-likeness (QED) is 0.879. The number of carbonyl (C=O) groups excluding carboxylic acids is 1. The Hall–Kier alpha value is -1.13. The molecule has 0 spiro atoms. The first-order valence-corrected chi connectivity index (χ1v) is 4.82. The van der Waals surface area contributed by atoms with Crippen molar-refractivity contribution < 1.29 is 9.18 Å². The molecule has 0 aliphatic heterocycles. The average Bonchev–Trinajstić information content (AvgIpc) is 2.26. The first-order chi connectivity index (χ1) is 7.15. The summed E-state index contributed by atoms with van der Waals surface area (Å²) in [4.78, 5) is 13.1. The highest BCUT2D eigenvalue weighted by Gasteiger charge is 2.09. The standard InChI is InChI=1S/C11H15FN2O.ClH/c1-13-8-7-11(15)14(2)10-5-3-9(12)4-6-10;/h3-6,13H,7-8H2,1-2H3;1H. The molecule has 5 heteroatoms. The number of hydrogen-bond acceptors (Lipinski definition) is 2. The zero-order chi connectivity index (χ0) is 11.3. The molecule has 90 valence electrons. The largest absolute Gasteiger partial charge is 0.319 e. The van der Waals surface area contributed by atoms with Gasteiger partial charge in [0.1, 0.15) is 5.82 Å². The van der Waals surface area contributed by atoms with E-state index < -0.39 is 0 Å². The second kappa shape index (κ2) is 7.19. The third-order valence-electron chi connectivity index (χ3n) is 2.18. The van der Waals surface area contributed by atoms with Gasteiger partial charge in [0.15, 0.2) is 0 Å². The molecule has 0 bridgehead atoms. The summed E-state index contributed by atoms with van der Waals surface area (Å²) < 4.78 is 12.6. The van der Waals surface area contributed by atoms with Crippen LogP contribution in [0.4, 0.5) is 10.1 Å². The number of benzene rings is 1. The number of halogens is 2. The minimum atomic E-state index is -0.296. The van der Waals surface area contributed by atoms with E-state index in [9.17, 15) is 9.18 Å². The number of hydrogen-bond donors (Lipinski definition) is 1. The normalized spacial score (nSPS) is 9.44. The smallest absolute Gasteiger partial charge is 0.227 e. The topological polar surface area (TPSA) is 32.3 Å². The number of carbonyl (C=O) groups is 1. The summed E-state index contributed by atoms with van der Waals surface area (Å²) >= 11 is 0. The average molecular weight is 247 g/mol. The second-order valence-corrected chi connectivity index (χ2v) is 3.28. The molecule has 0 aromatic heterocycles. The van der Waals surface area contributed by atoms with Gasteiger partial charge in [-0.1, -0.05) is 0 Å². The lowest BCUT2D eigenvalue weighted by Gasteiger charge is -2.17. The van der Waals surface area contributed by atoms with Crippen molar-refractivity contribution >= 4 is 24.0 Å². The maximum atomic E-state index is 12.6. The van der Waals surface area contributed by atoms with Crippen molar-refractivity contribution in [3.8, 4) is 0 Å². The van der Waals surface area contributed by atoms with Crippen LogP contribution in [0.15, 0.2) is 24.3 Å². The van der Waals surface area contributed by atoms with Crippen LogP contribution in [0.1, 0.15) is 6.42 Å². The molecule has 0 unspecified atom stereocenters. The van der Waals surface area contributed by atoms with Gasteiger partial charge >= 0.3 is 0 Å². The van der Waals surface area contributed by atoms with Gasteiger partial charge in [-0.25, -0.2) is 4.39 Å². The Balaban J connectivity index is 0.00000225. The van der Waals surface area contributed by atoms with Crippen LogP contribution >= 0.6 is 12.4 Å². The van der Waals surface area contributed by atoms with E-state index in [4.69, 9.17) is 0 Å². The van der Waals surface area contributed by atoms with Gasteiger partial charge in [0, 0.05) is 25.7 Å². The second-order valence-electron chi connectivity index (χ2n) is 3.28. The summed E-state index contributed by atoms with van der Waals surface area (Å²) in [5.41, 5.74) is 0.706. The van der Waals surface area contributed by atoms with Crippen molar-refractivity contribution in [1.82, 2.24) is 5.32 Å². The van der Waals surface area contributed by atoms with Crippen molar-refractivity contribution in [2.75, 3.05) is 25.5 Å². The van der Waals surface area contributed by atoms with Crippen LogP contribution < -0.4 is 10.2 Å². The zero-order valence-electron chi connectivity index (χ0n) is 9.37. The van der Waals surface area contributed by atoms with Gasteiger partial charge in [-0.3, -0.25) is 4.79 Å².